The van der Waals surface area contributed by atoms with Crippen molar-refractivity contribution >= 4 is 17.5 Å². The van der Waals surface area contributed by atoms with Gasteiger partial charge in [-0.3, -0.25) is 4.99 Å². The van der Waals surface area contributed by atoms with E-state index >= 15 is 0 Å². The lowest BCUT2D eigenvalue weighted by Gasteiger charge is -2.14. The quantitative estimate of drug-likeness (QED) is 0.0587. The fourth-order valence-corrected chi connectivity index (χ4v) is 4.39. The third kappa shape index (κ3) is 11.6. The molecule has 0 spiro atoms. The van der Waals surface area contributed by atoms with Crippen LogP contribution in [-0.2, 0) is 9.53 Å². The molecule has 0 saturated heterocycles. The molecule has 0 amide bonds. The monoisotopic (exact) mass is 528 g/mol. The number of amidine groups is 1. The number of anilines is 1. The molecule has 0 radical (unpaired) electrons. The number of hydrogen-bond acceptors (Lipinski definition) is 6. The van der Waals surface area contributed by atoms with Gasteiger partial charge in [0.1, 0.15) is 35.3 Å². The van der Waals surface area contributed by atoms with Crippen LogP contribution in [-0.4, -0.2) is 44.3 Å². The van der Waals surface area contributed by atoms with Crippen LogP contribution in [0.1, 0.15) is 96.8 Å². The van der Waals surface area contributed by atoms with Crippen molar-refractivity contribution in [2.75, 3.05) is 32.7 Å². The van der Waals surface area contributed by atoms with Gasteiger partial charge < -0.3 is 24.6 Å². The van der Waals surface area contributed by atoms with Crippen molar-refractivity contribution in [3.8, 4) is 11.5 Å². The number of carbonyl (C=O) groups excluding carboxylic acids is 1. The number of ether oxygens (including phenoxy) is 3. The van der Waals surface area contributed by atoms with Crippen LogP contribution >= 0.6 is 0 Å². The van der Waals surface area contributed by atoms with E-state index in [-0.39, 0.29) is 17.9 Å². The molecule has 1 aliphatic heterocycles. The summed E-state index contributed by atoms with van der Waals surface area (Å²) < 4.78 is 15.7. The number of aliphatic hydroxyl groups excluding tert-OH is 1. The Morgan fingerprint density at radius 3 is 2.16 bits per heavy atom. The van der Waals surface area contributed by atoms with Crippen LogP contribution < -0.4 is 14.8 Å². The van der Waals surface area contributed by atoms with Gasteiger partial charge in [-0.25, -0.2) is 4.79 Å². The Kier molecular flexibility index (Phi) is 15.8. The number of esters is 1. The summed E-state index contributed by atoms with van der Waals surface area (Å²) in [6.07, 6.45) is 22.1. The van der Waals surface area contributed by atoms with Gasteiger partial charge in [0.05, 0.1) is 19.9 Å². The molecular weight excluding hydrogens is 480 g/mol. The van der Waals surface area contributed by atoms with Crippen molar-refractivity contribution in [3.63, 3.8) is 0 Å². The normalized spacial score (nSPS) is 13.9. The van der Waals surface area contributed by atoms with E-state index in [0.29, 0.717) is 29.6 Å². The molecule has 38 heavy (non-hydrogen) atoms. The van der Waals surface area contributed by atoms with Gasteiger partial charge in [0, 0.05) is 12.6 Å². The average Bonchev–Trinajstić information content (AvgIpc) is 3.27. The molecule has 0 atom stereocenters. The van der Waals surface area contributed by atoms with Crippen molar-refractivity contribution in [1.82, 2.24) is 0 Å². The summed E-state index contributed by atoms with van der Waals surface area (Å²) in [6.45, 7) is 2.67. The number of carbonyl (C=O) groups is 1. The molecule has 1 aliphatic rings. The highest BCUT2D eigenvalue weighted by atomic mass is 16.5. The molecule has 0 aliphatic carbocycles. The molecule has 212 valence electrons. The standard InChI is InChI=1S/C31H48N2O5/c1-4-5-6-7-8-9-10-11-12-13-14-15-16-17-18-19-22-32-30(29-27(34)24-38-31(29)35)33-26-21-20-25(36-2)23-28(26)37-3/h11-12,20-21,23,34H,4-10,13-19,22,24H2,1-3H3,(H,32,33)/b12-11-. The number of hydrogen-bond donors (Lipinski definition) is 2. The summed E-state index contributed by atoms with van der Waals surface area (Å²) in [5.41, 5.74) is 0.695. The minimum atomic E-state index is -0.581. The van der Waals surface area contributed by atoms with E-state index in [2.05, 4.69) is 29.4 Å². The topological polar surface area (TPSA) is 89.4 Å². The third-order valence-corrected chi connectivity index (χ3v) is 6.67. The van der Waals surface area contributed by atoms with Crippen LogP contribution in [0, 0.1) is 0 Å². The average molecular weight is 529 g/mol. The number of cyclic esters (lactones) is 1. The lowest BCUT2D eigenvalue weighted by molar-refractivity contribution is -0.135. The van der Waals surface area contributed by atoms with Crippen LogP contribution in [0.3, 0.4) is 0 Å². The lowest BCUT2D eigenvalue weighted by atomic mass is 10.1. The zero-order valence-corrected chi connectivity index (χ0v) is 23.7. The van der Waals surface area contributed by atoms with E-state index in [1.165, 1.54) is 77.0 Å². The van der Waals surface area contributed by atoms with Crippen molar-refractivity contribution in [3.05, 3.63) is 41.7 Å². The zero-order valence-electron chi connectivity index (χ0n) is 23.7. The summed E-state index contributed by atoms with van der Waals surface area (Å²) in [4.78, 5) is 16.9. The maximum absolute atomic E-state index is 12.2. The van der Waals surface area contributed by atoms with Gasteiger partial charge in [0.25, 0.3) is 0 Å². The van der Waals surface area contributed by atoms with Gasteiger partial charge in [0.2, 0.25) is 0 Å². The van der Waals surface area contributed by atoms with Crippen molar-refractivity contribution in [2.45, 2.75) is 96.8 Å². The SMILES string of the molecule is CCCCCCCC/C=C\CCCCCCCCN=C(Nc1ccc(OC)cc1OC)C1=C(O)COC1=O. The number of aliphatic hydroxyl groups is 1. The fraction of sp³-hybridized carbons (Fsp3) is 0.613. The van der Waals surface area contributed by atoms with Gasteiger partial charge in [-0.05, 0) is 44.2 Å². The summed E-state index contributed by atoms with van der Waals surface area (Å²) in [7, 11) is 3.14. The minimum absolute atomic E-state index is 0.0763. The first kappa shape index (κ1) is 31.3. The van der Waals surface area contributed by atoms with Gasteiger partial charge >= 0.3 is 5.97 Å². The van der Waals surface area contributed by atoms with E-state index in [4.69, 9.17) is 14.2 Å². The van der Waals surface area contributed by atoms with Crippen molar-refractivity contribution in [1.29, 1.82) is 0 Å². The Bertz CT molecular complexity index is 923. The molecule has 1 aromatic rings. The second-order valence-corrected chi connectivity index (χ2v) is 9.76. The largest absolute Gasteiger partial charge is 0.508 e. The molecule has 0 bridgehead atoms. The maximum Gasteiger partial charge on any atom is 0.345 e. The highest BCUT2D eigenvalue weighted by Gasteiger charge is 2.29. The zero-order chi connectivity index (χ0) is 27.4. The highest BCUT2D eigenvalue weighted by molar-refractivity contribution is 6.25. The summed E-state index contributed by atoms with van der Waals surface area (Å²) in [5, 5.41) is 13.4. The van der Waals surface area contributed by atoms with Crippen LogP contribution in [0.4, 0.5) is 5.69 Å². The van der Waals surface area contributed by atoms with Crippen LogP contribution in [0.5, 0.6) is 11.5 Å². The first-order valence-electron chi connectivity index (χ1n) is 14.4. The van der Waals surface area contributed by atoms with Crippen molar-refractivity contribution < 1.29 is 24.1 Å². The van der Waals surface area contributed by atoms with E-state index in [9.17, 15) is 9.90 Å². The molecule has 2 rings (SSSR count). The van der Waals surface area contributed by atoms with Gasteiger partial charge in [-0.15, -0.1) is 0 Å². The van der Waals surface area contributed by atoms with E-state index in [0.717, 1.165) is 12.8 Å². The Labute approximate surface area is 229 Å². The molecule has 2 N–H and O–H groups in total. The molecule has 7 nitrogen and oxygen atoms in total. The number of benzene rings is 1. The summed E-state index contributed by atoms with van der Waals surface area (Å²) in [5.74, 6) is 0.788. The third-order valence-electron chi connectivity index (χ3n) is 6.67. The molecule has 1 aromatic carbocycles. The first-order valence-corrected chi connectivity index (χ1v) is 14.4. The second-order valence-electron chi connectivity index (χ2n) is 9.76. The fourth-order valence-electron chi connectivity index (χ4n) is 4.39. The number of nitrogens with one attached hydrogen (secondary N) is 1. The minimum Gasteiger partial charge on any atom is -0.508 e. The van der Waals surface area contributed by atoms with Gasteiger partial charge in [-0.2, -0.15) is 0 Å². The molecule has 1 heterocycles. The Morgan fingerprint density at radius 2 is 1.58 bits per heavy atom. The number of aliphatic imine (C=N–C) groups is 1. The Balaban J connectivity index is 1.70. The Hall–Kier alpha value is -2.96. The number of nitrogens with zero attached hydrogens (tertiary/aromatic N) is 1. The lowest BCUT2D eigenvalue weighted by Crippen LogP contribution is -2.21. The van der Waals surface area contributed by atoms with Crippen LogP contribution in [0.15, 0.2) is 46.7 Å². The Morgan fingerprint density at radius 1 is 0.947 bits per heavy atom. The number of methoxy groups -OCH3 is 2. The summed E-state index contributed by atoms with van der Waals surface area (Å²) >= 11 is 0. The molecule has 0 aromatic heterocycles. The molecule has 0 unspecified atom stereocenters. The number of unbranched alkanes of at least 4 members (excludes halogenated alkanes) is 12. The smallest absolute Gasteiger partial charge is 0.345 e. The second kappa shape index (κ2) is 19.2. The van der Waals surface area contributed by atoms with E-state index < -0.39 is 5.97 Å². The molecular formula is C31H48N2O5. The van der Waals surface area contributed by atoms with Gasteiger partial charge in [0.15, 0.2) is 0 Å². The molecule has 0 saturated carbocycles. The first-order chi connectivity index (χ1) is 18.6. The highest BCUT2D eigenvalue weighted by Crippen LogP contribution is 2.30. The molecule has 7 heteroatoms. The molecule has 0 fully saturated rings. The van der Waals surface area contributed by atoms with E-state index in [1.54, 1.807) is 32.4 Å². The predicted molar refractivity (Wildman–Crippen MR) is 156 cm³/mol. The van der Waals surface area contributed by atoms with Crippen LogP contribution in [0.2, 0.25) is 0 Å². The number of rotatable bonds is 20. The summed E-state index contributed by atoms with van der Waals surface area (Å²) in [6, 6.07) is 5.32. The van der Waals surface area contributed by atoms with Crippen LogP contribution in [0.25, 0.3) is 0 Å². The number of allylic oxidation sites excluding steroid dienone is 2. The predicted octanol–water partition coefficient (Wildman–Crippen LogP) is 7.92. The van der Waals surface area contributed by atoms with Gasteiger partial charge in [-0.1, -0.05) is 76.9 Å². The maximum atomic E-state index is 12.2. The van der Waals surface area contributed by atoms with E-state index in [1.807, 2.05) is 0 Å². The van der Waals surface area contributed by atoms with Crippen molar-refractivity contribution in [2.24, 2.45) is 4.99 Å².